The Balaban J connectivity index is 2.04. The Hall–Kier alpha value is -0.860. The fourth-order valence-corrected chi connectivity index (χ4v) is 2.65. The van der Waals surface area contributed by atoms with E-state index in [9.17, 15) is 0 Å². The van der Waals surface area contributed by atoms with Gasteiger partial charge < -0.3 is 9.47 Å². The van der Waals surface area contributed by atoms with E-state index in [0.717, 1.165) is 19.6 Å². The molecule has 3 atom stereocenters. The van der Waals surface area contributed by atoms with Gasteiger partial charge in [0.2, 0.25) is 0 Å². The Bertz CT molecular complexity index is 323. The van der Waals surface area contributed by atoms with E-state index in [1.54, 1.807) is 0 Å². The molecule has 0 bridgehead atoms. The Morgan fingerprint density at radius 1 is 1.24 bits per heavy atom. The molecular formula is C15H22O2. The molecule has 1 aliphatic heterocycles. The van der Waals surface area contributed by atoms with Crippen LogP contribution in [0.1, 0.15) is 38.2 Å². The Morgan fingerprint density at radius 2 is 2.00 bits per heavy atom. The molecule has 0 aliphatic carbocycles. The summed E-state index contributed by atoms with van der Waals surface area (Å²) in [7, 11) is 0. The lowest BCUT2D eigenvalue weighted by molar-refractivity contribution is -0.178. The average molecular weight is 234 g/mol. The Labute approximate surface area is 104 Å². The van der Waals surface area contributed by atoms with Crippen LogP contribution in [0.2, 0.25) is 0 Å². The van der Waals surface area contributed by atoms with Crippen LogP contribution < -0.4 is 0 Å². The molecular weight excluding hydrogens is 212 g/mol. The van der Waals surface area contributed by atoms with Gasteiger partial charge in [-0.2, -0.15) is 0 Å². The highest BCUT2D eigenvalue weighted by atomic mass is 16.7. The zero-order chi connectivity index (χ0) is 12.1. The lowest BCUT2D eigenvalue weighted by Gasteiger charge is -2.35. The van der Waals surface area contributed by atoms with Gasteiger partial charge in [0.1, 0.15) is 0 Å². The predicted molar refractivity (Wildman–Crippen MR) is 68.9 cm³/mol. The minimum Gasteiger partial charge on any atom is -0.353 e. The van der Waals surface area contributed by atoms with Gasteiger partial charge in [0.25, 0.3) is 0 Å². The zero-order valence-electron chi connectivity index (χ0n) is 10.8. The number of hydrogen-bond acceptors (Lipinski definition) is 2. The summed E-state index contributed by atoms with van der Waals surface area (Å²) >= 11 is 0. The third-order valence-corrected chi connectivity index (χ3v) is 3.63. The molecule has 1 aromatic rings. The average Bonchev–Trinajstić information content (AvgIpc) is 2.40. The fraction of sp³-hybridized carbons (Fsp3) is 0.600. The van der Waals surface area contributed by atoms with E-state index >= 15 is 0 Å². The second-order valence-electron chi connectivity index (χ2n) is 4.64. The van der Waals surface area contributed by atoms with Crippen molar-refractivity contribution in [1.82, 2.24) is 0 Å². The second kappa shape index (κ2) is 6.18. The highest BCUT2D eigenvalue weighted by molar-refractivity contribution is 5.20. The zero-order valence-corrected chi connectivity index (χ0v) is 10.8. The number of rotatable bonds is 4. The lowest BCUT2D eigenvalue weighted by atomic mass is 9.81. The number of hydrogen-bond donors (Lipinski definition) is 0. The van der Waals surface area contributed by atoms with E-state index in [2.05, 4.69) is 37.3 Å². The summed E-state index contributed by atoms with van der Waals surface area (Å²) in [5.74, 6) is 1.20. The maximum atomic E-state index is 5.80. The van der Waals surface area contributed by atoms with E-state index in [4.69, 9.17) is 9.47 Å². The molecule has 1 aromatic carbocycles. The highest BCUT2D eigenvalue weighted by Gasteiger charge is 2.31. The molecule has 1 aliphatic rings. The van der Waals surface area contributed by atoms with Gasteiger partial charge >= 0.3 is 0 Å². The van der Waals surface area contributed by atoms with Gasteiger partial charge in [0.05, 0.1) is 6.61 Å². The maximum absolute atomic E-state index is 5.80. The van der Waals surface area contributed by atoms with Crippen molar-refractivity contribution in [3.05, 3.63) is 35.9 Å². The van der Waals surface area contributed by atoms with Crippen LogP contribution >= 0.6 is 0 Å². The molecule has 1 fully saturated rings. The van der Waals surface area contributed by atoms with Crippen molar-refractivity contribution in [2.75, 3.05) is 13.2 Å². The summed E-state index contributed by atoms with van der Waals surface area (Å²) in [6.07, 6.45) is 2.21. The monoisotopic (exact) mass is 234 g/mol. The summed E-state index contributed by atoms with van der Waals surface area (Å²) in [6, 6.07) is 10.7. The van der Waals surface area contributed by atoms with Crippen molar-refractivity contribution in [2.45, 2.75) is 38.9 Å². The van der Waals surface area contributed by atoms with Crippen LogP contribution in [0.5, 0.6) is 0 Å². The molecule has 1 heterocycles. The van der Waals surface area contributed by atoms with Crippen molar-refractivity contribution in [3.63, 3.8) is 0 Å². The third-order valence-electron chi connectivity index (χ3n) is 3.63. The molecule has 2 heteroatoms. The first-order valence-electron chi connectivity index (χ1n) is 6.63. The van der Waals surface area contributed by atoms with Gasteiger partial charge in [-0.3, -0.25) is 0 Å². The molecule has 0 aromatic heterocycles. The molecule has 0 saturated carbocycles. The van der Waals surface area contributed by atoms with Gasteiger partial charge in [-0.05, 0) is 18.4 Å². The largest absolute Gasteiger partial charge is 0.353 e. The summed E-state index contributed by atoms with van der Waals surface area (Å²) in [5, 5.41) is 0. The van der Waals surface area contributed by atoms with Crippen LogP contribution in [-0.2, 0) is 9.47 Å². The van der Waals surface area contributed by atoms with Crippen molar-refractivity contribution >= 4 is 0 Å². The molecule has 0 radical (unpaired) electrons. The van der Waals surface area contributed by atoms with Crippen LogP contribution in [0, 0.1) is 5.92 Å². The smallest absolute Gasteiger partial charge is 0.157 e. The minimum absolute atomic E-state index is 0.00455. The van der Waals surface area contributed by atoms with Gasteiger partial charge in [0, 0.05) is 18.9 Å². The van der Waals surface area contributed by atoms with Crippen LogP contribution in [0.4, 0.5) is 0 Å². The first-order chi connectivity index (χ1) is 8.35. The molecule has 94 valence electrons. The normalized spacial score (nSPS) is 29.2. The molecule has 0 amide bonds. The van der Waals surface area contributed by atoms with Gasteiger partial charge in [0.15, 0.2) is 6.29 Å². The van der Waals surface area contributed by atoms with Gasteiger partial charge in [-0.1, -0.05) is 43.7 Å². The molecule has 17 heavy (non-hydrogen) atoms. The Kier molecular flexibility index (Phi) is 4.57. The molecule has 0 spiro atoms. The summed E-state index contributed by atoms with van der Waals surface area (Å²) in [5.41, 5.74) is 1.40. The van der Waals surface area contributed by atoms with Crippen LogP contribution in [-0.4, -0.2) is 19.5 Å². The predicted octanol–water partition coefficient (Wildman–Crippen LogP) is 3.58. The molecule has 2 rings (SSSR count). The number of benzene rings is 1. The first-order valence-corrected chi connectivity index (χ1v) is 6.63. The highest BCUT2D eigenvalue weighted by Crippen LogP contribution is 2.35. The van der Waals surface area contributed by atoms with E-state index in [1.807, 2.05) is 6.92 Å². The van der Waals surface area contributed by atoms with Gasteiger partial charge in [-0.15, -0.1) is 0 Å². The standard InChI is InChI=1S/C15H22O2/c1-3-12-10-15(16-4-2)17-11-14(12)13-8-6-5-7-9-13/h5-9,12,14-15H,3-4,10-11H2,1-2H3/t12-,14-,15?/m0/s1. The van der Waals surface area contributed by atoms with E-state index < -0.39 is 0 Å². The van der Waals surface area contributed by atoms with E-state index in [1.165, 1.54) is 12.0 Å². The SMILES string of the molecule is CCOC1C[C@H](CC)[C@@H](c2ccccc2)CO1. The van der Waals surface area contributed by atoms with Crippen LogP contribution in [0.25, 0.3) is 0 Å². The van der Waals surface area contributed by atoms with Crippen molar-refractivity contribution in [1.29, 1.82) is 0 Å². The fourth-order valence-electron chi connectivity index (χ4n) is 2.65. The van der Waals surface area contributed by atoms with Crippen LogP contribution in [0.3, 0.4) is 0 Å². The first kappa shape index (κ1) is 12.6. The van der Waals surface area contributed by atoms with E-state index in [-0.39, 0.29) is 6.29 Å². The van der Waals surface area contributed by atoms with Crippen molar-refractivity contribution < 1.29 is 9.47 Å². The lowest BCUT2D eigenvalue weighted by Crippen LogP contribution is -2.33. The third kappa shape index (κ3) is 3.08. The summed E-state index contributed by atoms with van der Waals surface area (Å²) < 4.78 is 11.4. The second-order valence-corrected chi connectivity index (χ2v) is 4.64. The van der Waals surface area contributed by atoms with Crippen molar-refractivity contribution in [3.8, 4) is 0 Å². The Morgan fingerprint density at radius 3 is 2.65 bits per heavy atom. The molecule has 2 nitrogen and oxygen atoms in total. The van der Waals surface area contributed by atoms with Crippen molar-refractivity contribution in [2.24, 2.45) is 5.92 Å². The quantitative estimate of drug-likeness (QED) is 0.792. The minimum atomic E-state index is 0.00455. The molecule has 1 unspecified atom stereocenters. The topological polar surface area (TPSA) is 18.5 Å². The van der Waals surface area contributed by atoms with Crippen LogP contribution in [0.15, 0.2) is 30.3 Å². The summed E-state index contributed by atoms with van der Waals surface area (Å²) in [6.45, 7) is 5.80. The molecule has 1 saturated heterocycles. The maximum Gasteiger partial charge on any atom is 0.157 e. The number of ether oxygens (including phenoxy) is 2. The summed E-state index contributed by atoms with van der Waals surface area (Å²) in [4.78, 5) is 0. The molecule has 0 N–H and O–H groups in total. The van der Waals surface area contributed by atoms with E-state index in [0.29, 0.717) is 11.8 Å². The van der Waals surface area contributed by atoms with Gasteiger partial charge in [-0.25, -0.2) is 0 Å².